The molecular weight excluding hydrogens is 350 g/mol. The second kappa shape index (κ2) is 9.15. The minimum atomic E-state index is -0.706. The number of rotatable bonds is 4. The maximum absolute atomic E-state index is 13.4. The number of esters is 1. The van der Waals surface area contributed by atoms with Gasteiger partial charge in [-0.2, -0.15) is 0 Å². The lowest BCUT2D eigenvalue weighted by Gasteiger charge is -2.11. The number of thioether (sulfide) groups is 1. The highest BCUT2D eigenvalue weighted by atomic mass is 35.5. The number of benzene rings is 1. The Bertz CT molecular complexity index is 658. The molecule has 0 saturated carbocycles. The SMILES string of the molecule is COC(=O)C(N)CSc1cc(C)nc2ccc(F)cc12.Cl.Cl. The van der Waals surface area contributed by atoms with Gasteiger partial charge in [0.15, 0.2) is 0 Å². The van der Waals surface area contributed by atoms with Gasteiger partial charge in [-0.15, -0.1) is 36.6 Å². The minimum Gasteiger partial charge on any atom is -0.468 e. The van der Waals surface area contributed by atoms with E-state index in [-0.39, 0.29) is 30.6 Å². The predicted octanol–water partition coefficient (Wildman–Crippen LogP) is 3.12. The van der Waals surface area contributed by atoms with Gasteiger partial charge in [-0.1, -0.05) is 0 Å². The number of ether oxygens (including phenoxy) is 1. The van der Waals surface area contributed by atoms with Gasteiger partial charge in [0.1, 0.15) is 11.9 Å². The summed E-state index contributed by atoms with van der Waals surface area (Å²) in [5.41, 5.74) is 7.26. The molecular formula is C14H17Cl2FN2O2S. The fourth-order valence-corrected chi connectivity index (χ4v) is 2.88. The van der Waals surface area contributed by atoms with E-state index in [1.54, 1.807) is 6.07 Å². The molecule has 1 unspecified atom stereocenters. The van der Waals surface area contributed by atoms with Crippen molar-refractivity contribution in [2.45, 2.75) is 17.9 Å². The fraction of sp³-hybridized carbons (Fsp3) is 0.286. The number of hydrogen-bond donors (Lipinski definition) is 1. The molecule has 1 aromatic carbocycles. The lowest BCUT2D eigenvalue weighted by atomic mass is 10.2. The summed E-state index contributed by atoms with van der Waals surface area (Å²) in [6.07, 6.45) is 0. The van der Waals surface area contributed by atoms with Gasteiger partial charge in [0.05, 0.1) is 12.6 Å². The number of nitrogens with two attached hydrogens (primary N) is 1. The number of hydrogen-bond acceptors (Lipinski definition) is 5. The van der Waals surface area contributed by atoms with Crippen LogP contribution in [0.1, 0.15) is 5.69 Å². The van der Waals surface area contributed by atoms with Crippen LogP contribution < -0.4 is 5.73 Å². The van der Waals surface area contributed by atoms with Crippen molar-refractivity contribution in [1.29, 1.82) is 0 Å². The normalized spacial score (nSPS) is 11.3. The standard InChI is InChI=1S/C14H15FN2O2S.2ClH/c1-8-5-13(20-7-11(16)14(18)19-2)10-6-9(15)3-4-12(10)17-8;;/h3-6,11H,7,16H2,1-2H3;2*1H. The molecule has 0 aliphatic carbocycles. The molecule has 2 aromatic rings. The number of aromatic nitrogens is 1. The Hall–Kier alpha value is -1.08. The van der Waals surface area contributed by atoms with E-state index in [1.807, 2.05) is 13.0 Å². The van der Waals surface area contributed by atoms with Crippen molar-refractivity contribution in [3.05, 3.63) is 35.8 Å². The molecule has 1 atom stereocenters. The van der Waals surface area contributed by atoms with E-state index in [4.69, 9.17) is 5.73 Å². The molecule has 4 nitrogen and oxygen atoms in total. The number of pyridine rings is 1. The number of fused-ring (bicyclic) bond motifs is 1. The van der Waals surface area contributed by atoms with Gasteiger partial charge in [0.25, 0.3) is 0 Å². The Kier molecular flexibility index (Phi) is 8.70. The Labute approximate surface area is 144 Å². The summed E-state index contributed by atoms with van der Waals surface area (Å²) in [7, 11) is 1.30. The van der Waals surface area contributed by atoms with Crippen LogP contribution in [-0.2, 0) is 9.53 Å². The zero-order valence-electron chi connectivity index (χ0n) is 12.0. The van der Waals surface area contributed by atoms with Crippen molar-refractivity contribution in [3.63, 3.8) is 0 Å². The molecule has 0 fully saturated rings. The Morgan fingerprint density at radius 2 is 2.09 bits per heavy atom. The zero-order valence-corrected chi connectivity index (χ0v) is 14.5. The van der Waals surface area contributed by atoms with Crippen molar-refractivity contribution < 1.29 is 13.9 Å². The highest BCUT2D eigenvalue weighted by Crippen LogP contribution is 2.28. The van der Waals surface area contributed by atoms with Gasteiger partial charge in [0, 0.05) is 21.7 Å². The molecule has 122 valence electrons. The van der Waals surface area contributed by atoms with E-state index in [1.165, 1.54) is 31.0 Å². The maximum atomic E-state index is 13.4. The summed E-state index contributed by atoms with van der Waals surface area (Å²) in [5, 5.41) is 0.720. The zero-order chi connectivity index (χ0) is 14.7. The predicted molar refractivity (Wildman–Crippen MR) is 91.6 cm³/mol. The molecule has 0 bridgehead atoms. The molecule has 0 aliphatic rings. The van der Waals surface area contributed by atoms with E-state index in [0.29, 0.717) is 5.75 Å². The van der Waals surface area contributed by atoms with Gasteiger partial charge in [-0.25, -0.2) is 4.39 Å². The van der Waals surface area contributed by atoms with Crippen molar-refractivity contribution >= 4 is 53.4 Å². The Morgan fingerprint density at radius 1 is 1.41 bits per heavy atom. The van der Waals surface area contributed by atoms with Crippen molar-refractivity contribution in [3.8, 4) is 0 Å². The highest BCUT2D eigenvalue weighted by molar-refractivity contribution is 7.99. The quantitative estimate of drug-likeness (QED) is 0.665. The number of aryl methyl sites for hydroxylation is 1. The van der Waals surface area contributed by atoms with E-state index in [2.05, 4.69) is 9.72 Å². The van der Waals surface area contributed by atoms with Gasteiger partial charge in [0.2, 0.25) is 0 Å². The fourth-order valence-electron chi connectivity index (χ4n) is 1.81. The molecule has 2 N–H and O–H groups in total. The monoisotopic (exact) mass is 366 g/mol. The third-order valence-electron chi connectivity index (χ3n) is 2.78. The lowest BCUT2D eigenvalue weighted by Crippen LogP contribution is -2.33. The maximum Gasteiger partial charge on any atom is 0.323 e. The molecule has 1 aromatic heterocycles. The molecule has 1 heterocycles. The van der Waals surface area contributed by atoms with Gasteiger partial charge < -0.3 is 10.5 Å². The van der Waals surface area contributed by atoms with Crippen molar-refractivity contribution in [1.82, 2.24) is 4.98 Å². The number of halogens is 3. The van der Waals surface area contributed by atoms with E-state index < -0.39 is 12.0 Å². The highest BCUT2D eigenvalue weighted by Gasteiger charge is 2.15. The molecule has 0 saturated heterocycles. The molecule has 0 radical (unpaired) electrons. The van der Waals surface area contributed by atoms with Crippen LogP contribution in [0, 0.1) is 12.7 Å². The molecule has 2 rings (SSSR count). The smallest absolute Gasteiger partial charge is 0.323 e. The van der Waals surface area contributed by atoms with E-state index in [0.717, 1.165) is 21.5 Å². The first kappa shape index (κ1) is 20.9. The first-order valence-electron chi connectivity index (χ1n) is 6.04. The molecule has 8 heteroatoms. The van der Waals surface area contributed by atoms with E-state index in [9.17, 15) is 9.18 Å². The van der Waals surface area contributed by atoms with Crippen LogP contribution in [0.2, 0.25) is 0 Å². The Balaban J connectivity index is 0.00000220. The van der Waals surface area contributed by atoms with Gasteiger partial charge in [-0.3, -0.25) is 9.78 Å². The van der Waals surface area contributed by atoms with Gasteiger partial charge >= 0.3 is 5.97 Å². The Morgan fingerprint density at radius 3 is 2.73 bits per heavy atom. The number of nitrogens with zero attached hydrogens (tertiary/aromatic N) is 1. The minimum absolute atomic E-state index is 0. The van der Waals surface area contributed by atoms with Crippen molar-refractivity contribution in [2.75, 3.05) is 12.9 Å². The molecule has 0 spiro atoms. The summed E-state index contributed by atoms with van der Waals surface area (Å²) in [5.74, 6) is -0.414. The largest absolute Gasteiger partial charge is 0.468 e. The van der Waals surface area contributed by atoms with Crippen LogP contribution in [0.15, 0.2) is 29.2 Å². The van der Waals surface area contributed by atoms with Gasteiger partial charge in [-0.05, 0) is 31.2 Å². The average Bonchev–Trinajstić information content (AvgIpc) is 2.44. The molecule has 0 aliphatic heterocycles. The summed E-state index contributed by atoms with van der Waals surface area (Å²) in [6.45, 7) is 1.87. The topological polar surface area (TPSA) is 65.2 Å². The summed E-state index contributed by atoms with van der Waals surface area (Å²) in [6, 6.07) is 5.61. The first-order valence-corrected chi connectivity index (χ1v) is 7.03. The average molecular weight is 367 g/mol. The van der Waals surface area contributed by atoms with Crippen LogP contribution in [0.3, 0.4) is 0 Å². The second-order valence-electron chi connectivity index (χ2n) is 4.36. The number of carbonyl (C=O) groups is 1. The van der Waals surface area contributed by atoms with Crippen LogP contribution >= 0.6 is 36.6 Å². The summed E-state index contributed by atoms with van der Waals surface area (Å²) >= 11 is 1.39. The first-order chi connectivity index (χ1) is 9.51. The van der Waals surface area contributed by atoms with E-state index >= 15 is 0 Å². The van der Waals surface area contributed by atoms with Crippen LogP contribution in [0.25, 0.3) is 10.9 Å². The summed E-state index contributed by atoms with van der Waals surface area (Å²) < 4.78 is 17.9. The van der Waals surface area contributed by atoms with Crippen LogP contribution in [-0.4, -0.2) is 29.9 Å². The third-order valence-corrected chi connectivity index (χ3v) is 3.96. The second-order valence-corrected chi connectivity index (χ2v) is 5.43. The number of methoxy groups -OCH3 is 1. The lowest BCUT2D eigenvalue weighted by molar-refractivity contribution is -0.141. The molecule has 0 amide bonds. The third kappa shape index (κ3) is 4.98. The number of carbonyl (C=O) groups excluding carboxylic acids is 1. The van der Waals surface area contributed by atoms with Crippen LogP contribution in [0.4, 0.5) is 4.39 Å². The van der Waals surface area contributed by atoms with Crippen molar-refractivity contribution in [2.24, 2.45) is 5.73 Å². The summed E-state index contributed by atoms with van der Waals surface area (Å²) in [4.78, 5) is 16.5. The molecule has 22 heavy (non-hydrogen) atoms. The van der Waals surface area contributed by atoms with Crippen LogP contribution in [0.5, 0.6) is 0 Å².